The second-order valence-corrected chi connectivity index (χ2v) is 6.15. The highest BCUT2D eigenvalue weighted by Crippen LogP contribution is 2.31. The van der Waals surface area contributed by atoms with E-state index in [0.29, 0.717) is 0 Å². The lowest BCUT2D eigenvalue weighted by Crippen LogP contribution is -2.13. The highest BCUT2D eigenvalue weighted by molar-refractivity contribution is 5.32. The van der Waals surface area contributed by atoms with Gasteiger partial charge in [0.1, 0.15) is 5.82 Å². The molecule has 0 bridgehead atoms. The van der Waals surface area contributed by atoms with E-state index in [4.69, 9.17) is 0 Å². The Morgan fingerprint density at radius 3 is 2.44 bits per heavy atom. The largest absolute Gasteiger partial charge is 0.206 e. The van der Waals surface area contributed by atoms with Crippen molar-refractivity contribution in [2.24, 2.45) is 11.8 Å². The molecule has 100 valence electrons. The molecule has 0 nitrogen and oxygen atoms in total. The van der Waals surface area contributed by atoms with Gasteiger partial charge in [0, 0.05) is 0 Å². The fraction of sp³-hybridized carbons (Fsp3) is 0.647. The van der Waals surface area contributed by atoms with E-state index in [0.717, 1.165) is 41.4 Å². The van der Waals surface area contributed by atoms with Gasteiger partial charge in [-0.3, -0.25) is 0 Å². The summed E-state index contributed by atoms with van der Waals surface area (Å²) in [5.74, 6) is 1.75. The van der Waals surface area contributed by atoms with Crippen LogP contribution in [-0.2, 0) is 6.42 Å². The summed E-state index contributed by atoms with van der Waals surface area (Å²) in [5.41, 5.74) is 2.80. The Kier molecular flexibility index (Phi) is 4.42. The molecule has 1 aliphatic carbocycles. The van der Waals surface area contributed by atoms with Crippen molar-refractivity contribution < 1.29 is 4.39 Å². The van der Waals surface area contributed by atoms with E-state index in [1.807, 2.05) is 19.9 Å². The molecule has 0 radical (unpaired) electrons. The Bertz CT molecular complexity index is 400. The molecule has 1 saturated carbocycles. The normalized spacial score (nSPS) is 24.2. The second-order valence-electron chi connectivity index (χ2n) is 6.15. The Labute approximate surface area is 111 Å². The van der Waals surface area contributed by atoms with E-state index < -0.39 is 0 Å². The summed E-state index contributed by atoms with van der Waals surface area (Å²) in [6.07, 6.45) is 7.47. The molecular weight excluding hydrogens is 223 g/mol. The highest BCUT2D eigenvalue weighted by atomic mass is 19.1. The van der Waals surface area contributed by atoms with Gasteiger partial charge in [-0.2, -0.15) is 0 Å². The van der Waals surface area contributed by atoms with E-state index in [-0.39, 0.29) is 5.82 Å². The van der Waals surface area contributed by atoms with Gasteiger partial charge in [-0.05, 0) is 55.2 Å². The summed E-state index contributed by atoms with van der Waals surface area (Å²) < 4.78 is 14.1. The molecule has 0 unspecified atom stereocenters. The van der Waals surface area contributed by atoms with Crippen molar-refractivity contribution in [3.63, 3.8) is 0 Å². The van der Waals surface area contributed by atoms with Gasteiger partial charge in [0.05, 0.1) is 0 Å². The van der Waals surface area contributed by atoms with Gasteiger partial charge in [0.2, 0.25) is 0 Å². The highest BCUT2D eigenvalue weighted by Gasteiger charge is 2.18. The van der Waals surface area contributed by atoms with Crippen LogP contribution in [0.4, 0.5) is 4.39 Å². The molecule has 1 aliphatic rings. The van der Waals surface area contributed by atoms with Gasteiger partial charge in [-0.1, -0.05) is 44.7 Å². The SMILES string of the molecule is Cc1ccc(CCC2CCC(C)CC2)c(F)c1C. The maximum Gasteiger partial charge on any atom is 0.129 e. The van der Waals surface area contributed by atoms with Crippen molar-refractivity contribution >= 4 is 0 Å². The summed E-state index contributed by atoms with van der Waals surface area (Å²) in [5, 5.41) is 0. The van der Waals surface area contributed by atoms with Crippen LogP contribution in [-0.4, -0.2) is 0 Å². The Hall–Kier alpha value is -0.850. The van der Waals surface area contributed by atoms with E-state index in [2.05, 4.69) is 13.0 Å². The molecule has 1 heteroatoms. The topological polar surface area (TPSA) is 0 Å². The van der Waals surface area contributed by atoms with Crippen molar-refractivity contribution in [2.75, 3.05) is 0 Å². The second kappa shape index (κ2) is 5.86. The quantitative estimate of drug-likeness (QED) is 0.689. The zero-order valence-electron chi connectivity index (χ0n) is 11.9. The minimum absolute atomic E-state index is 0.0270. The van der Waals surface area contributed by atoms with E-state index in [1.165, 1.54) is 25.7 Å². The maximum atomic E-state index is 14.1. The molecule has 2 rings (SSSR count). The standard InChI is InChI=1S/C17H25F/c1-12-4-7-15(8-5-12)9-11-16-10-6-13(2)14(3)17(16)18/h6,10,12,15H,4-5,7-9,11H2,1-3H3. The van der Waals surface area contributed by atoms with Crippen LogP contribution in [0.3, 0.4) is 0 Å². The number of rotatable bonds is 3. The van der Waals surface area contributed by atoms with Crippen LogP contribution < -0.4 is 0 Å². The Morgan fingerprint density at radius 1 is 1.11 bits per heavy atom. The smallest absolute Gasteiger partial charge is 0.129 e. The van der Waals surface area contributed by atoms with Gasteiger partial charge < -0.3 is 0 Å². The average Bonchev–Trinajstić information content (AvgIpc) is 2.37. The first-order valence-corrected chi connectivity index (χ1v) is 7.32. The van der Waals surface area contributed by atoms with Crippen LogP contribution in [0.2, 0.25) is 0 Å². The van der Waals surface area contributed by atoms with Crippen molar-refractivity contribution in [1.29, 1.82) is 0 Å². The molecule has 0 atom stereocenters. The molecule has 1 aromatic carbocycles. The molecule has 1 fully saturated rings. The fourth-order valence-electron chi connectivity index (χ4n) is 3.01. The third kappa shape index (κ3) is 3.13. The maximum absolute atomic E-state index is 14.1. The summed E-state index contributed by atoms with van der Waals surface area (Å²) in [6, 6.07) is 4.03. The van der Waals surface area contributed by atoms with Crippen LogP contribution in [0.5, 0.6) is 0 Å². The third-order valence-corrected chi connectivity index (χ3v) is 4.69. The minimum atomic E-state index is 0.0270. The van der Waals surface area contributed by atoms with E-state index in [1.54, 1.807) is 0 Å². The van der Waals surface area contributed by atoms with Gasteiger partial charge in [0.25, 0.3) is 0 Å². The van der Waals surface area contributed by atoms with Crippen LogP contribution >= 0.6 is 0 Å². The number of aryl methyl sites for hydroxylation is 2. The molecule has 0 aromatic heterocycles. The van der Waals surface area contributed by atoms with Crippen LogP contribution in [0.15, 0.2) is 12.1 Å². The summed E-state index contributed by atoms with van der Waals surface area (Å²) in [6.45, 7) is 6.21. The zero-order chi connectivity index (χ0) is 13.1. The third-order valence-electron chi connectivity index (χ3n) is 4.69. The molecular formula is C17H25F. The van der Waals surface area contributed by atoms with Gasteiger partial charge in [-0.25, -0.2) is 4.39 Å². The van der Waals surface area contributed by atoms with Crippen LogP contribution in [0.1, 0.15) is 55.7 Å². The van der Waals surface area contributed by atoms with Crippen molar-refractivity contribution in [3.8, 4) is 0 Å². The first kappa shape index (κ1) is 13.6. The van der Waals surface area contributed by atoms with Gasteiger partial charge in [0.15, 0.2) is 0 Å². The fourth-order valence-corrected chi connectivity index (χ4v) is 3.01. The Balaban J connectivity index is 1.92. The summed E-state index contributed by atoms with van der Waals surface area (Å²) in [4.78, 5) is 0. The number of hydrogen-bond donors (Lipinski definition) is 0. The van der Waals surface area contributed by atoms with E-state index in [9.17, 15) is 4.39 Å². The molecule has 0 amide bonds. The minimum Gasteiger partial charge on any atom is -0.206 e. The van der Waals surface area contributed by atoms with E-state index >= 15 is 0 Å². The number of benzene rings is 1. The molecule has 0 heterocycles. The van der Waals surface area contributed by atoms with Crippen molar-refractivity contribution in [3.05, 3.63) is 34.6 Å². The van der Waals surface area contributed by atoms with Crippen molar-refractivity contribution in [2.45, 2.75) is 59.3 Å². The monoisotopic (exact) mass is 248 g/mol. The molecule has 0 aliphatic heterocycles. The molecule has 0 spiro atoms. The number of halogens is 1. The lowest BCUT2D eigenvalue weighted by Gasteiger charge is -2.26. The molecule has 18 heavy (non-hydrogen) atoms. The van der Waals surface area contributed by atoms with Crippen LogP contribution in [0.25, 0.3) is 0 Å². The lowest BCUT2D eigenvalue weighted by molar-refractivity contribution is 0.277. The van der Waals surface area contributed by atoms with Gasteiger partial charge >= 0.3 is 0 Å². The Morgan fingerprint density at radius 2 is 1.78 bits per heavy atom. The first-order valence-electron chi connectivity index (χ1n) is 7.32. The van der Waals surface area contributed by atoms with Gasteiger partial charge in [-0.15, -0.1) is 0 Å². The average molecular weight is 248 g/mol. The molecule has 0 saturated heterocycles. The number of hydrogen-bond acceptors (Lipinski definition) is 0. The predicted octanol–water partition coefficient (Wildman–Crippen LogP) is 5.20. The predicted molar refractivity (Wildman–Crippen MR) is 75.3 cm³/mol. The molecule has 1 aromatic rings. The lowest BCUT2D eigenvalue weighted by atomic mass is 9.80. The molecule has 0 N–H and O–H groups in total. The summed E-state index contributed by atoms with van der Waals surface area (Å²) in [7, 11) is 0. The zero-order valence-corrected chi connectivity index (χ0v) is 11.9. The summed E-state index contributed by atoms with van der Waals surface area (Å²) >= 11 is 0. The van der Waals surface area contributed by atoms with Crippen molar-refractivity contribution in [1.82, 2.24) is 0 Å². The first-order chi connectivity index (χ1) is 8.58. The van der Waals surface area contributed by atoms with Crippen LogP contribution in [0, 0.1) is 31.5 Å².